The van der Waals surface area contributed by atoms with Crippen LogP contribution in [-0.4, -0.2) is 29.6 Å². The third-order valence-electron chi connectivity index (χ3n) is 3.26. The molecule has 0 aliphatic carbocycles. The molecular formula is C14H19F3N2O2Si. The van der Waals surface area contributed by atoms with Crippen LogP contribution in [0.4, 0.5) is 13.2 Å². The molecule has 0 aliphatic rings. The molecule has 1 heterocycles. The molecule has 4 nitrogen and oxygen atoms in total. The van der Waals surface area contributed by atoms with E-state index in [4.69, 9.17) is 4.74 Å². The highest BCUT2D eigenvalue weighted by Gasteiger charge is 2.34. The minimum Gasteiger partial charge on any atom is -0.508 e. The van der Waals surface area contributed by atoms with E-state index >= 15 is 0 Å². The lowest BCUT2D eigenvalue weighted by Gasteiger charge is -2.15. The van der Waals surface area contributed by atoms with E-state index in [2.05, 4.69) is 24.7 Å². The lowest BCUT2D eigenvalue weighted by molar-refractivity contribution is -0.136. The fourth-order valence-corrected chi connectivity index (χ4v) is 2.79. The van der Waals surface area contributed by atoms with Gasteiger partial charge in [0, 0.05) is 26.1 Å². The average molecular weight is 332 g/mol. The minimum absolute atomic E-state index is 0.0425. The lowest BCUT2D eigenvalue weighted by Crippen LogP contribution is -2.22. The van der Waals surface area contributed by atoms with E-state index in [1.54, 1.807) is 0 Å². The molecule has 0 unspecified atom stereocenters. The van der Waals surface area contributed by atoms with Crippen LogP contribution in [0.25, 0.3) is 10.9 Å². The monoisotopic (exact) mass is 332 g/mol. The third kappa shape index (κ3) is 4.01. The number of halogens is 3. The van der Waals surface area contributed by atoms with Crippen molar-refractivity contribution in [2.24, 2.45) is 0 Å². The van der Waals surface area contributed by atoms with Gasteiger partial charge in [0.15, 0.2) is 0 Å². The van der Waals surface area contributed by atoms with E-state index in [1.807, 2.05) is 0 Å². The van der Waals surface area contributed by atoms with Gasteiger partial charge in [0.2, 0.25) is 0 Å². The van der Waals surface area contributed by atoms with Crippen LogP contribution in [-0.2, 0) is 17.6 Å². The molecule has 0 atom stereocenters. The van der Waals surface area contributed by atoms with Crippen molar-refractivity contribution >= 4 is 19.0 Å². The second-order valence-electron chi connectivity index (χ2n) is 6.42. The predicted octanol–water partition coefficient (Wildman–Crippen LogP) is 4.07. The SMILES string of the molecule is C[Si](C)(C)CCOCn1ncc2c(C(F)(F)F)cc(O)cc21. The van der Waals surface area contributed by atoms with Gasteiger partial charge in [0.25, 0.3) is 0 Å². The van der Waals surface area contributed by atoms with E-state index < -0.39 is 25.6 Å². The van der Waals surface area contributed by atoms with Crippen molar-refractivity contribution in [2.75, 3.05) is 6.61 Å². The van der Waals surface area contributed by atoms with Crippen LogP contribution in [0.1, 0.15) is 5.56 Å². The van der Waals surface area contributed by atoms with Gasteiger partial charge in [0.05, 0.1) is 17.3 Å². The second kappa shape index (κ2) is 5.92. The molecule has 0 amide bonds. The van der Waals surface area contributed by atoms with Gasteiger partial charge in [-0.05, 0) is 12.1 Å². The molecule has 0 fully saturated rings. The number of phenols is 1. The van der Waals surface area contributed by atoms with Crippen LogP contribution in [0.2, 0.25) is 25.7 Å². The zero-order valence-corrected chi connectivity index (χ0v) is 13.7. The standard InChI is InChI=1S/C14H19F3N2O2Si/c1-22(2,3)5-4-21-9-19-13-7-10(20)6-12(14(15,16)17)11(13)8-18-19/h6-8,20H,4-5,9H2,1-3H3. The van der Waals surface area contributed by atoms with Crippen molar-refractivity contribution in [1.82, 2.24) is 9.78 Å². The molecule has 0 saturated carbocycles. The van der Waals surface area contributed by atoms with Crippen molar-refractivity contribution in [2.45, 2.75) is 38.6 Å². The van der Waals surface area contributed by atoms with Crippen molar-refractivity contribution in [1.29, 1.82) is 0 Å². The minimum atomic E-state index is -4.54. The Kier molecular flexibility index (Phi) is 4.53. The van der Waals surface area contributed by atoms with Gasteiger partial charge in [-0.2, -0.15) is 18.3 Å². The van der Waals surface area contributed by atoms with E-state index in [1.165, 1.54) is 10.7 Å². The Bertz CT molecular complexity index is 662. The highest BCUT2D eigenvalue weighted by atomic mass is 28.3. The first-order valence-corrected chi connectivity index (χ1v) is 10.6. The number of alkyl halides is 3. The zero-order valence-electron chi connectivity index (χ0n) is 12.7. The fraction of sp³-hybridized carbons (Fsp3) is 0.500. The van der Waals surface area contributed by atoms with Crippen LogP contribution < -0.4 is 0 Å². The number of phenolic OH excluding ortho intramolecular Hbond substituents is 1. The smallest absolute Gasteiger partial charge is 0.417 e. The molecule has 0 bridgehead atoms. The molecule has 22 heavy (non-hydrogen) atoms. The first-order chi connectivity index (χ1) is 10.1. The molecule has 8 heteroatoms. The first kappa shape index (κ1) is 16.8. The Labute approximate surface area is 127 Å². The molecule has 1 N–H and O–H groups in total. The van der Waals surface area contributed by atoms with Crippen LogP contribution in [0.15, 0.2) is 18.3 Å². The number of fused-ring (bicyclic) bond motifs is 1. The number of rotatable bonds is 5. The number of aromatic nitrogens is 2. The highest BCUT2D eigenvalue weighted by molar-refractivity contribution is 6.76. The van der Waals surface area contributed by atoms with Gasteiger partial charge >= 0.3 is 6.18 Å². The number of benzene rings is 1. The van der Waals surface area contributed by atoms with E-state index in [-0.39, 0.29) is 17.6 Å². The van der Waals surface area contributed by atoms with Crippen molar-refractivity contribution < 1.29 is 23.0 Å². The van der Waals surface area contributed by atoms with Crippen molar-refractivity contribution in [3.05, 3.63) is 23.9 Å². The summed E-state index contributed by atoms with van der Waals surface area (Å²) in [6, 6.07) is 2.94. The molecule has 1 aromatic heterocycles. The molecule has 0 saturated heterocycles. The molecule has 0 radical (unpaired) electrons. The molecule has 1 aromatic carbocycles. The van der Waals surface area contributed by atoms with Gasteiger partial charge in [-0.1, -0.05) is 19.6 Å². The number of hydrogen-bond acceptors (Lipinski definition) is 3. The predicted molar refractivity (Wildman–Crippen MR) is 80.5 cm³/mol. The molecule has 0 spiro atoms. The lowest BCUT2D eigenvalue weighted by atomic mass is 10.1. The summed E-state index contributed by atoms with van der Waals surface area (Å²) in [5.41, 5.74) is -0.684. The number of aromatic hydroxyl groups is 1. The summed E-state index contributed by atoms with van der Waals surface area (Å²) >= 11 is 0. The average Bonchev–Trinajstić information content (AvgIpc) is 2.74. The molecular weight excluding hydrogens is 313 g/mol. The normalized spacial score (nSPS) is 13.0. The summed E-state index contributed by atoms with van der Waals surface area (Å²) in [5.74, 6) is -0.441. The summed E-state index contributed by atoms with van der Waals surface area (Å²) in [7, 11) is -1.22. The van der Waals surface area contributed by atoms with Crippen LogP contribution in [0.5, 0.6) is 5.75 Å². The maximum Gasteiger partial charge on any atom is 0.417 e. The summed E-state index contributed by atoms with van der Waals surface area (Å²) in [6.45, 7) is 7.25. The number of nitrogens with zero attached hydrogens (tertiary/aromatic N) is 2. The van der Waals surface area contributed by atoms with Crippen LogP contribution in [0.3, 0.4) is 0 Å². The third-order valence-corrected chi connectivity index (χ3v) is 4.97. The summed E-state index contributed by atoms with van der Waals surface area (Å²) < 4.78 is 45.7. The first-order valence-electron chi connectivity index (χ1n) is 6.91. The van der Waals surface area contributed by atoms with Gasteiger partial charge < -0.3 is 9.84 Å². The summed E-state index contributed by atoms with van der Waals surface area (Å²) in [5, 5.41) is 13.4. The Morgan fingerprint density at radius 1 is 1.27 bits per heavy atom. The summed E-state index contributed by atoms with van der Waals surface area (Å²) in [6.07, 6.45) is -3.39. The number of hydrogen-bond donors (Lipinski definition) is 1. The Morgan fingerprint density at radius 3 is 2.55 bits per heavy atom. The quantitative estimate of drug-likeness (QED) is 0.663. The fourth-order valence-electron chi connectivity index (χ4n) is 2.03. The van der Waals surface area contributed by atoms with E-state index in [0.29, 0.717) is 12.7 Å². The van der Waals surface area contributed by atoms with Crippen LogP contribution >= 0.6 is 0 Å². The van der Waals surface area contributed by atoms with E-state index in [9.17, 15) is 18.3 Å². The molecule has 122 valence electrons. The van der Waals surface area contributed by atoms with E-state index in [0.717, 1.165) is 12.2 Å². The Morgan fingerprint density at radius 2 is 1.95 bits per heavy atom. The maximum absolute atomic E-state index is 13.0. The highest BCUT2D eigenvalue weighted by Crippen LogP contribution is 2.37. The summed E-state index contributed by atoms with van der Waals surface area (Å²) in [4.78, 5) is 0. The van der Waals surface area contributed by atoms with Crippen molar-refractivity contribution in [3.8, 4) is 5.75 Å². The Hall–Kier alpha value is -1.54. The van der Waals surface area contributed by atoms with Gasteiger partial charge in [-0.25, -0.2) is 4.68 Å². The van der Waals surface area contributed by atoms with Crippen molar-refractivity contribution in [3.63, 3.8) is 0 Å². The Balaban J connectivity index is 2.21. The second-order valence-corrected chi connectivity index (χ2v) is 12.0. The molecule has 2 rings (SSSR count). The zero-order chi connectivity index (χ0) is 16.5. The van der Waals surface area contributed by atoms with Gasteiger partial charge in [-0.3, -0.25) is 0 Å². The van der Waals surface area contributed by atoms with Crippen LogP contribution in [0, 0.1) is 0 Å². The maximum atomic E-state index is 13.0. The molecule has 0 aliphatic heterocycles. The largest absolute Gasteiger partial charge is 0.508 e. The van der Waals surface area contributed by atoms with Gasteiger partial charge in [-0.15, -0.1) is 0 Å². The number of ether oxygens (including phenoxy) is 1. The van der Waals surface area contributed by atoms with Gasteiger partial charge in [0.1, 0.15) is 12.5 Å². The topological polar surface area (TPSA) is 47.3 Å². The molecule has 2 aromatic rings.